The molecule has 0 aliphatic carbocycles. The van der Waals surface area contributed by atoms with Crippen LogP contribution in [-0.4, -0.2) is 24.8 Å². The van der Waals surface area contributed by atoms with Gasteiger partial charge in [0.25, 0.3) is 0 Å². The van der Waals surface area contributed by atoms with Gasteiger partial charge in [0.1, 0.15) is 11.4 Å². The Hall–Kier alpha value is -1.62. The Kier molecular flexibility index (Phi) is 4.83. The van der Waals surface area contributed by atoms with E-state index in [9.17, 15) is 9.18 Å². The third kappa shape index (κ3) is 4.70. The van der Waals surface area contributed by atoms with E-state index in [-0.39, 0.29) is 5.69 Å². The molecule has 1 aliphatic heterocycles. The van der Waals surface area contributed by atoms with Gasteiger partial charge in [-0.15, -0.1) is 0 Å². The van der Waals surface area contributed by atoms with Crippen LogP contribution in [0.15, 0.2) is 18.2 Å². The molecule has 2 N–H and O–H groups in total. The normalized spacial score (nSPS) is 16.6. The van der Waals surface area contributed by atoms with E-state index in [0.29, 0.717) is 5.92 Å². The maximum atomic E-state index is 13.8. The predicted molar refractivity (Wildman–Crippen MR) is 81.1 cm³/mol. The van der Waals surface area contributed by atoms with E-state index in [1.807, 2.05) is 0 Å². The number of hydrogen-bond donors (Lipinski definition) is 2. The van der Waals surface area contributed by atoms with Gasteiger partial charge in [-0.3, -0.25) is 5.32 Å². The average Bonchev–Trinajstić information content (AvgIpc) is 2.40. The Morgan fingerprint density at radius 3 is 2.62 bits per heavy atom. The number of carbonyl (C=O) groups is 1. The van der Waals surface area contributed by atoms with Crippen molar-refractivity contribution < 1.29 is 13.9 Å². The second-order valence-electron chi connectivity index (χ2n) is 6.39. The number of benzene rings is 1. The van der Waals surface area contributed by atoms with Gasteiger partial charge < -0.3 is 10.1 Å². The zero-order valence-electron chi connectivity index (χ0n) is 12.8. The van der Waals surface area contributed by atoms with Crippen molar-refractivity contribution in [3.63, 3.8) is 0 Å². The highest BCUT2D eigenvalue weighted by Gasteiger charge is 2.20. The van der Waals surface area contributed by atoms with Crippen LogP contribution in [0.2, 0.25) is 0 Å². The summed E-state index contributed by atoms with van der Waals surface area (Å²) in [6.07, 6.45) is 1.42. The summed E-state index contributed by atoms with van der Waals surface area (Å²) in [4.78, 5) is 11.8. The third-order valence-corrected chi connectivity index (χ3v) is 3.44. The lowest BCUT2D eigenvalue weighted by Gasteiger charge is -2.24. The molecule has 0 saturated carbocycles. The van der Waals surface area contributed by atoms with Gasteiger partial charge in [-0.25, -0.2) is 9.18 Å². The first-order valence-corrected chi connectivity index (χ1v) is 7.35. The molecule has 1 aromatic carbocycles. The molecule has 1 aromatic rings. The fraction of sp³-hybridized carbons (Fsp3) is 0.562. The first-order valence-electron chi connectivity index (χ1n) is 7.35. The van der Waals surface area contributed by atoms with E-state index in [2.05, 4.69) is 10.6 Å². The van der Waals surface area contributed by atoms with Crippen LogP contribution in [0.25, 0.3) is 0 Å². The van der Waals surface area contributed by atoms with E-state index in [0.717, 1.165) is 31.5 Å². The molecule has 1 heterocycles. The molecule has 0 radical (unpaired) electrons. The highest BCUT2D eigenvalue weighted by molar-refractivity contribution is 5.85. The van der Waals surface area contributed by atoms with Crippen LogP contribution in [0, 0.1) is 5.82 Å². The summed E-state index contributed by atoms with van der Waals surface area (Å²) >= 11 is 0. The minimum Gasteiger partial charge on any atom is -0.444 e. The van der Waals surface area contributed by atoms with E-state index in [1.165, 1.54) is 6.07 Å². The summed E-state index contributed by atoms with van der Waals surface area (Å²) in [7, 11) is 0. The number of nitrogens with one attached hydrogen (secondary N) is 2. The van der Waals surface area contributed by atoms with E-state index in [4.69, 9.17) is 4.74 Å². The summed E-state index contributed by atoms with van der Waals surface area (Å²) in [6.45, 7) is 7.25. The van der Waals surface area contributed by atoms with Crippen LogP contribution in [0.1, 0.15) is 45.1 Å². The number of halogens is 1. The quantitative estimate of drug-likeness (QED) is 0.875. The van der Waals surface area contributed by atoms with Crippen molar-refractivity contribution in [3.05, 3.63) is 29.6 Å². The highest BCUT2D eigenvalue weighted by atomic mass is 19.1. The van der Waals surface area contributed by atoms with Crippen LogP contribution >= 0.6 is 0 Å². The molecule has 2 rings (SSSR count). The van der Waals surface area contributed by atoms with Crippen LogP contribution in [0.3, 0.4) is 0 Å². The molecule has 1 fully saturated rings. The Morgan fingerprint density at radius 1 is 1.33 bits per heavy atom. The minimum absolute atomic E-state index is 0.181. The summed E-state index contributed by atoms with van der Waals surface area (Å²) in [6, 6.07) is 4.92. The minimum atomic E-state index is -0.635. The largest absolute Gasteiger partial charge is 0.444 e. The van der Waals surface area contributed by atoms with E-state index in [1.54, 1.807) is 32.9 Å². The number of ether oxygens (including phenoxy) is 1. The Balaban J connectivity index is 2.10. The molecule has 0 spiro atoms. The summed E-state index contributed by atoms with van der Waals surface area (Å²) in [5.74, 6) is -0.0374. The maximum Gasteiger partial charge on any atom is 0.412 e. The zero-order chi connectivity index (χ0) is 15.5. The molecule has 4 nitrogen and oxygen atoms in total. The molecule has 21 heavy (non-hydrogen) atoms. The van der Waals surface area contributed by atoms with Gasteiger partial charge in [0.15, 0.2) is 0 Å². The van der Waals surface area contributed by atoms with Crippen molar-refractivity contribution in [2.24, 2.45) is 0 Å². The fourth-order valence-electron chi connectivity index (χ4n) is 2.46. The molecule has 0 unspecified atom stereocenters. The van der Waals surface area contributed by atoms with E-state index < -0.39 is 17.5 Å². The lowest BCUT2D eigenvalue weighted by Crippen LogP contribution is -2.28. The second kappa shape index (κ2) is 6.43. The van der Waals surface area contributed by atoms with Crippen molar-refractivity contribution >= 4 is 11.8 Å². The molecule has 116 valence electrons. The summed E-state index contributed by atoms with van der Waals surface area (Å²) < 4.78 is 19.0. The molecular weight excluding hydrogens is 271 g/mol. The third-order valence-electron chi connectivity index (χ3n) is 3.44. The number of amides is 1. The first kappa shape index (κ1) is 15.8. The topological polar surface area (TPSA) is 50.4 Å². The van der Waals surface area contributed by atoms with Gasteiger partial charge >= 0.3 is 6.09 Å². The molecule has 1 amide bonds. The monoisotopic (exact) mass is 294 g/mol. The van der Waals surface area contributed by atoms with Crippen molar-refractivity contribution in [3.8, 4) is 0 Å². The van der Waals surface area contributed by atoms with Crippen molar-refractivity contribution in [2.45, 2.75) is 45.1 Å². The molecule has 0 bridgehead atoms. The lowest BCUT2D eigenvalue weighted by molar-refractivity contribution is 0.0635. The molecule has 5 heteroatoms. The summed E-state index contributed by atoms with van der Waals surface area (Å²) in [5.41, 5.74) is 0.636. The Labute approximate surface area is 125 Å². The first-order chi connectivity index (χ1) is 9.85. The fourth-order valence-corrected chi connectivity index (χ4v) is 2.46. The highest BCUT2D eigenvalue weighted by Crippen LogP contribution is 2.28. The van der Waals surface area contributed by atoms with Crippen molar-refractivity contribution in [1.82, 2.24) is 5.32 Å². The number of hydrogen-bond acceptors (Lipinski definition) is 3. The smallest absolute Gasteiger partial charge is 0.412 e. The Bertz CT molecular complexity index is 505. The zero-order valence-corrected chi connectivity index (χ0v) is 12.8. The molecule has 1 saturated heterocycles. The second-order valence-corrected chi connectivity index (χ2v) is 6.39. The SMILES string of the molecule is CC(C)(C)OC(=O)Nc1cc(C2CCNCC2)ccc1F. The number of carbonyl (C=O) groups excluding carboxylic acids is 1. The molecule has 0 atom stereocenters. The van der Waals surface area contributed by atoms with Crippen molar-refractivity contribution in [2.75, 3.05) is 18.4 Å². The summed E-state index contributed by atoms with van der Waals surface area (Å²) in [5, 5.41) is 5.80. The molecule has 1 aliphatic rings. The maximum absolute atomic E-state index is 13.8. The van der Waals surface area contributed by atoms with E-state index >= 15 is 0 Å². The number of anilines is 1. The van der Waals surface area contributed by atoms with Gasteiger partial charge in [-0.2, -0.15) is 0 Å². The number of rotatable bonds is 2. The van der Waals surface area contributed by atoms with Gasteiger partial charge in [0, 0.05) is 0 Å². The van der Waals surface area contributed by atoms with Gasteiger partial charge in [-0.05, 0) is 70.3 Å². The van der Waals surface area contributed by atoms with Gasteiger partial charge in [0.05, 0.1) is 5.69 Å². The molecular formula is C16H23FN2O2. The molecule has 0 aromatic heterocycles. The van der Waals surface area contributed by atoms with Gasteiger partial charge in [-0.1, -0.05) is 6.07 Å². The number of piperidine rings is 1. The van der Waals surface area contributed by atoms with Crippen molar-refractivity contribution in [1.29, 1.82) is 0 Å². The lowest BCUT2D eigenvalue weighted by atomic mass is 9.90. The Morgan fingerprint density at radius 2 is 2.00 bits per heavy atom. The average molecular weight is 294 g/mol. The van der Waals surface area contributed by atoms with Crippen LogP contribution in [-0.2, 0) is 4.74 Å². The van der Waals surface area contributed by atoms with Crippen LogP contribution in [0.5, 0.6) is 0 Å². The van der Waals surface area contributed by atoms with Crippen LogP contribution < -0.4 is 10.6 Å². The standard InChI is InChI=1S/C16H23FN2O2/c1-16(2,3)21-15(20)19-14-10-12(4-5-13(14)17)11-6-8-18-9-7-11/h4-5,10-11,18H,6-9H2,1-3H3,(H,19,20). The van der Waals surface area contributed by atoms with Crippen LogP contribution in [0.4, 0.5) is 14.9 Å². The predicted octanol–water partition coefficient (Wildman–Crippen LogP) is 3.64. The van der Waals surface area contributed by atoms with Gasteiger partial charge in [0.2, 0.25) is 0 Å².